The van der Waals surface area contributed by atoms with Gasteiger partial charge >= 0.3 is 5.97 Å². The van der Waals surface area contributed by atoms with Gasteiger partial charge in [-0.25, -0.2) is 4.79 Å². The van der Waals surface area contributed by atoms with Crippen molar-refractivity contribution in [2.24, 2.45) is 0 Å². The summed E-state index contributed by atoms with van der Waals surface area (Å²) < 4.78 is 4.80. The lowest BCUT2D eigenvalue weighted by Gasteiger charge is -2.30. The number of ether oxygens (including phenoxy) is 1. The number of terminal acetylenes is 1. The maximum atomic E-state index is 11.9. The van der Waals surface area contributed by atoms with Crippen molar-refractivity contribution < 1.29 is 14.3 Å². The van der Waals surface area contributed by atoms with Crippen LogP contribution in [0.5, 0.6) is 0 Å². The maximum absolute atomic E-state index is 11.9. The van der Waals surface area contributed by atoms with E-state index in [9.17, 15) is 9.59 Å². The Balaban J connectivity index is 3.34. The number of esters is 1. The van der Waals surface area contributed by atoms with Crippen LogP contribution in [0.3, 0.4) is 0 Å². The summed E-state index contributed by atoms with van der Waals surface area (Å²) in [6, 6.07) is 6.69. The van der Waals surface area contributed by atoms with Crippen molar-refractivity contribution in [3.63, 3.8) is 0 Å². The predicted molar refractivity (Wildman–Crippen MR) is 81.6 cm³/mol. The third kappa shape index (κ3) is 3.96. The average Bonchev–Trinajstić information content (AvgIpc) is 2.49. The van der Waals surface area contributed by atoms with E-state index in [2.05, 4.69) is 12.5 Å². The van der Waals surface area contributed by atoms with Gasteiger partial charge in [0.1, 0.15) is 0 Å². The highest BCUT2D eigenvalue weighted by atomic mass is 16.5. The van der Waals surface area contributed by atoms with E-state index in [4.69, 9.17) is 11.2 Å². The minimum Gasteiger partial charge on any atom is -0.465 e. The van der Waals surface area contributed by atoms with Crippen LogP contribution >= 0.6 is 0 Å². The summed E-state index contributed by atoms with van der Waals surface area (Å²) in [6.45, 7) is 5.34. The van der Waals surface area contributed by atoms with E-state index in [1.54, 1.807) is 29.2 Å². The molecule has 0 aliphatic heterocycles. The Morgan fingerprint density at radius 3 is 2.67 bits per heavy atom. The van der Waals surface area contributed by atoms with Crippen molar-refractivity contribution in [1.82, 2.24) is 4.90 Å². The van der Waals surface area contributed by atoms with Crippen LogP contribution in [0.15, 0.2) is 36.9 Å². The fraction of sp³-hybridized carbons (Fsp3) is 0.294. The van der Waals surface area contributed by atoms with E-state index in [1.807, 2.05) is 6.07 Å². The van der Waals surface area contributed by atoms with Crippen molar-refractivity contribution in [2.75, 3.05) is 13.7 Å². The van der Waals surface area contributed by atoms with E-state index in [0.29, 0.717) is 17.5 Å². The van der Waals surface area contributed by atoms with Gasteiger partial charge in [0.05, 0.1) is 25.3 Å². The Bertz CT molecular complexity index is 572. The molecule has 1 unspecified atom stereocenters. The van der Waals surface area contributed by atoms with Gasteiger partial charge < -0.3 is 9.64 Å². The molecule has 4 heteroatoms. The largest absolute Gasteiger partial charge is 0.465 e. The fourth-order valence-electron chi connectivity index (χ4n) is 2.20. The quantitative estimate of drug-likeness (QED) is 0.458. The molecule has 0 radical (unpaired) electrons. The second-order valence-corrected chi connectivity index (χ2v) is 4.47. The van der Waals surface area contributed by atoms with E-state index in [-0.39, 0.29) is 18.5 Å². The normalized spacial score (nSPS) is 11.1. The third-order valence-corrected chi connectivity index (χ3v) is 3.16. The second kappa shape index (κ2) is 7.91. The van der Waals surface area contributed by atoms with Gasteiger partial charge in [-0.15, -0.1) is 13.0 Å². The van der Waals surface area contributed by atoms with Gasteiger partial charge in [-0.1, -0.05) is 30.2 Å². The number of hydrogen-bond donors (Lipinski definition) is 0. The molecule has 0 N–H and O–H groups in total. The average molecular weight is 285 g/mol. The molecule has 110 valence electrons. The molecular weight excluding hydrogens is 266 g/mol. The van der Waals surface area contributed by atoms with Crippen molar-refractivity contribution in [2.45, 2.75) is 19.4 Å². The summed E-state index contributed by atoms with van der Waals surface area (Å²) in [5, 5.41) is 0. The van der Waals surface area contributed by atoms with Gasteiger partial charge in [0.2, 0.25) is 5.91 Å². The Kier molecular flexibility index (Phi) is 6.22. The van der Waals surface area contributed by atoms with Crippen molar-refractivity contribution >= 4 is 11.9 Å². The van der Waals surface area contributed by atoms with Gasteiger partial charge in [0.15, 0.2) is 0 Å². The first-order chi connectivity index (χ1) is 10.1. The molecule has 0 saturated heterocycles. The molecule has 0 aliphatic rings. The first-order valence-corrected chi connectivity index (χ1v) is 6.55. The van der Waals surface area contributed by atoms with Gasteiger partial charge in [0.25, 0.3) is 0 Å². The Labute approximate surface area is 125 Å². The van der Waals surface area contributed by atoms with Crippen LogP contribution in [0.25, 0.3) is 0 Å². The number of methoxy groups -OCH3 is 1. The van der Waals surface area contributed by atoms with E-state index < -0.39 is 5.97 Å². The molecule has 0 aliphatic carbocycles. The lowest BCUT2D eigenvalue weighted by molar-refractivity contribution is -0.130. The third-order valence-electron chi connectivity index (χ3n) is 3.16. The van der Waals surface area contributed by atoms with Crippen LogP contribution in [-0.4, -0.2) is 30.4 Å². The number of carbonyl (C=O) groups excluding carboxylic acids is 2. The molecule has 1 atom stereocenters. The zero-order chi connectivity index (χ0) is 15.8. The minimum atomic E-state index is -0.441. The Morgan fingerprint density at radius 2 is 2.14 bits per heavy atom. The summed E-state index contributed by atoms with van der Waals surface area (Å²) in [4.78, 5) is 25.3. The number of nitrogens with zero attached hydrogens (tertiary/aromatic N) is 1. The molecule has 0 spiro atoms. The van der Waals surface area contributed by atoms with Gasteiger partial charge in [-0.2, -0.15) is 0 Å². The topological polar surface area (TPSA) is 46.6 Å². The number of rotatable bonds is 6. The molecule has 0 bridgehead atoms. The SMILES string of the molecule is C#CCN(C(C)=O)C(CC=C)c1ccccc1C(=O)OC. The van der Waals surface area contributed by atoms with Crippen LogP contribution in [0.2, 0.25) is 0 Å². The summed E-state index contributed by atoms with van der Waals surface area (Å²) in [6.07, 6.45) is 7.54. The summed E-state index contributed by atoms with van der Waals surface area (Å²) >= 11 is 0. The molecule has 1 rings (SSSR count). The number of hydrogen-bond acceptors (Lipinski definition) is 3. The lowest BCUT2D eigenvalue weighted by atomic mass is 9.96. The van der Waals surface area contributed by atoms with Crippen LogP contribution in [0, 0.1) is 12.3 Å². The minimum absolute atomic E-state index is 0.153. The van der Waals surface area contributed by atoms with Crippen LogP contribution in [0.4, 0.5) is 0 Å². The summed E-state index contributed by atoms with van der Waals surface area (Å²) in [5.41, 5.74) is 1.13. The molecule has 4 nitrogen and oxygen atoms in total. The predicted octanol–water partition coefficient (Wildman–Crippen LogP) is 2.57. The Hall–Kier alpha value is -2.54. The first kappa shape index (κ1) is 16.5. The summed E-state index contributed by atoms with van der Waals surface area (Å²) in [7, 11) is 1.33. The lowest BCUT2D eigenvalue weighted by Crippen LogP contribution is -2.34. The van der Waals surface area contributed by atoms with Crippen LogP contribution in [-0.2, 0) is 9.53 Å². The molecule has 21 heavy (non-hydrogen) atoms. The standard InChI is InChI=1S/C17H19NO3/c1-5-9-16(18(12-6-2)13(3)19)14-10-7-8-11-15(14)17(20)21-4/h2,5,7-8,10-11,16H,1,9,12H2,3-4H3. The number of carbonyl (C=O) groups is 2. The van der Waals surface area contributed by atoms with Gasteiger partial charge in [0, 0.05) is 6.92 Å². The zero-order valence-electron chi connectivity index (χ0n) is 12.3. The zero-order valence-corrected chi connectivity index (χ0v) is 12.3. The van der Waals surface area contributed by atoms with Gasteiger partial charge in [-0.05, 0) is 18.1 Å². The highest BCUT2D eigenvalue weighted by Crippen LogP contribution is 2.28. The molecule has 1 amide bonds. The molecule has 0 aromatic heterocycles. The Morgan fingerprint density at radius 1 is 1.48 bits per heavy atom. The monoisotopic (exact) mass is 285 g/mol. The number of benzene rings is 1. The van der Waals surface area contributed by atoms with Crippen LogP contribution in [0.1, 0.15) is 35.3 Å². The number of amides is 1. The molecular formula is C17H19NO3. The maximum Gasteiger partial charge on any atom is 0.338 e. The van der Waals surface area contributed by atoms with E-state index >= 15 is 0 Å². The van der Waals surface area contributed by atoms with Crippen LogP contribution < -0.4 is 0 Å². The molecule has 0 saturated carbocycles. The second-order valence-electron chi connectivity index (χ2n) is 4.47. The molecule has 1 aromatic rings. The van der Waals surface area contributed by atoms with E-state index in [0.717, 1.165) is 0 Å². The smallest absolute Gasteiger partial charge is 0.338 e. The van der Waals surface area contributed by atoms with Gasteiger partial charge in [-0.3, -0.25) is 4.79 Å². The van der Waals surface area contributed by atoms with Crippen molar-refractivity contribution in [3.05, 3.63) is 48.0 Å². The molecule has 0 fully saturated rings. The fourth-order valence-corrected chi connectivity index (χ4v) is 2.20. The highest BCUT2D eigenvalue weighted by Gasteiger charge is 2.25. The van der Waals surface area contributed by atoms with E-state index in [1.165, 1.54) is 14.0 Å². The molecule has 0 heterocycles. The van der Waals surface area contributed by atoms with Crippen molar-refractivity contribution in [1.29, 1.82) is 0 Å². The first-order valence-electron chi connectivity index (χ1n) is 6.55. The van der Waals surface area contributed by atoms with Crippen molar-refractivity contribution in [3.8, 4) is 12.3 Å². The summed E-state index contributed by atoms with van der Waals surface area (Å²) in [5.74, 6) is 1.88. The molecule has 1 aromatic carbocycles. The highest BCUT2D eigenvalue weighted by molar-refractivity contribution is 5.91.